The van der Waals surface area contributed by atoms with Gasteiger partial charge in [0.05, 0.1) is 25.4 Å². The first-order chi connectivity index (χ1) is 37.7. The van der Waals surface area contributed by atoms with E-state index in [0.717, 1.165) is 37.3 Å². The highest BCUT2D eigenvalue weighted by Gasteiger charge is 2.64. The van der Waals surface area contributed by atoms with Gasteiger partial charge in [0.1, 0.15) is 98.3 Å². The average molecular weight is 1120 g/mol. The van der Waals surface area contributed by atoms with Crippen LogP contribution >= 0.6 is 0 Å². The summed E-state index contributed by atoms with van der Waals surface area (Å²) in [5.41, 5.74) is 0.407. The highest BCUT2D eigenvalue weighted by atomic mass is 16.8. The van der Waals surface area contributed by atoms with E-state index in [1.807, 2.05) is 0 Å². The van der Waals surface area contributed by atoms with Crippen LogP contribution < -0.4 is 0 Å². The molecule has 0 radical (unpaired) electrons. The van der Waals surface area contributed by atoms with Gasteiger partial charge in [-0.2, -0.15) is 0 Å². The van der Waals surface area contributed by atoms with Crippen molar-refractivity contribution in [3.63, 3.8) is 0 Å². The van der Waals surface area contributed by atoms with E-state index in [1.54, 1.807) is 6.07 Å². The summed E-state index contributed by atoms with van der Waals surface area (Å²) in [5.74, 6) is -8.53. The van der Waals surface area contributed by atoms with Crippen molar-refractivity contribution < 1.29 is 138 Å². The minimum Gasteiger partial charge on any atom is -0.508 e. The lowest BCUT2D eigenvalue weighted by Gasteiger charge is -2.50. The van der Waals surface area contributed by atoms with Crippen molar-refractivity contribution in [2.24, 2.45) is 0 Å². The van der Waals surface area contributed by atoms with E-state index in [2.05, 4.69) is 0 Å². The summed E-state index contributed by atoms with van der Waals surface area (Å²) in [6.45, 7) is -4.23. The van der Waals surface area contributed by atoms with Gasteiger partial charge < -0.3 is 118 Å². The Morgan fingerprint density at radius 3 is 1.75 bits per heavy atom. The van der Waals surface area contributed by atoms with Crippen LogP contribution in [-0.2, 0) is 66.5 Å². The van der Waals surface area contributed by atoms with Crippen LogP contribution in [0.4, 0.5) is 0 Å². The minimum atomic E-state index is -2.92. The molecule has 0 amide bonds. The number of phenols is 3. The molecular weight excluding hydrogens is 1060 g/mol. The maximum Gasteiger partial charge on any atom is 0.338 e. The first-order valence-electron chi connectivity index (χ1n) is 24.3. The van der Waals surface area contributed by atoms with Crippen molar-refractivity contribution >= 4 is 36.0 Å². The molecule has 4 heterocycles. The molecule has 13 N–H and O–H groups in total. The number of benzene rings is 3. The Kier molecular flexibility index (Phi) is 20.5. The van der Waals surface area contributed by atoms with E-state index in [4.69, 9.17) is 52.1 Å². The van der Waals surface area contributed by atoms with Crippen molar-refractivity contribution in [2.45, 2.75) is 123 Å². The highest BCUT2D eigenvalue weighted by molar-refractivity contribution is 5.90. The van der Waals surface area contributed by atoms with Crippen LogP contribution in [0.5, 0.6) is 17.2 Å². The van der Waals surface area contributed by atoms with Crippen LogP contribution in [0.3, 0.4) is 0 Å². The van der Waals surface area contributed by atoms with Crippen molar-refractivity contribution in [1.29, 1.82) is 0 Å². The molecule has 7 rings (SSSR count). The lowest BCUT2D eigenvalue weighted by Crippen LogP contribution is -2.69. The lowest BCUT2D eigenvalue weighted by atomic mass is 9.95. The highest BCUT2D eigenvalue weighted by Crippen LogP contribution is 2.42. The zero-order chi connectivity index (χ0) is 57.3. The zero-order valence-corrected chi connectivity index (χ0v) is 41.6. The van der Waals surface area contributed by atoms with Gasteiger partial charge in [-0.25, -0.2) is 14.4 Å². The zero-order valence-electron chi connectivity index (χ0n) is 41.6. The fourth-order valence-corrected chi connectivity index (χ4v) is 8.72. The Morgan fingerprint density at radius 1 is 0.557 bits per heavy atom. The number of phenolic OH excluding ortho intramolecular Hbond substituents is 3. The summed E-state index contributed by atoms with van der Waals surface area (Å²) < 4.78 is 65.0. The SMILES string of the molecule is CC(=O)OCC1OC(OC2C(OC(=O)C=Cc3ccc(O)cc3)C(CO)OC(OC3(COC(=O)C=Cc4ccc(O)c(O)c4)OC(CO)C(O)C3OC(=O)c3ccccc3)C2OC2OC(CO)C(O)C(O)C2O)C(O)C(O)C1O. The first-order valence-corrected chi connectivity index (χ1v) is 24.3. The van der Waals surface area contributed by atoms with E-state index in [9.17, 15) is 85.6 Å². The molecule has 79 heavy (non-hydrogen) atoms. The van der Waals surface area contributed by atoms with Crippen molar-refractivity contribution in [2.75, 3.05) is 33.0 Å². The van der Waals surface area contributed by atoms with Crippen LogP contribution in [0.25, 0.3) is 12.2 Å². The molecule has 4 fully saturated rings. The Labute approximate surface area is 447 Å². The predicted octanol–water partition coefficient (Wildman–Crippen LogP) is -3.67. The number of aromatic hydroxyl groups is 3. The number of rotatable bonds is 20. The number of hydrogen-bond acceptors (Lipinski definition) is 28. The molecule has 19 atom stereocenters. The Balaban J connectivity index is 1.36. The summed E-state index contributed by atoms with van der Waals surface area (Å²) in [6.07, 6.45) is -33.5. The molecule has 4 aliphatic heterocycles. The summed E-state index contributed by atoms with van der Waals surface area (Å²) in [5, 5.41) is 140. The molecule has 432 valence electrons. The molecule has 0 bridgehead atoms. The second-order valence-corrected chi connectivity index (χ2v) is 18.4. The van der Waals surface area contributed by atoms with Crippen LogP contribution in [0.2, 0.25) is 0 Å². The van der Waals surface area contributed by atoms with Crippen molar-refractivity contribution in [1.82, 2.24) is 0 Å². The maximum absolute atomic E-state index is 13.9. The van der Waals surface area contributed by atoms with E-state index in [-0.39, 0.29) is 16.9 Å². The van der Waals surface area contributed by atoms with Gasteiger partial charge >= 0.3 is 23.9 Å². The van der Waals surface area contributed by atoms with Crippen LogP contribution in [0.15, 0.2) is 84.9 Å². The van der Waals surface area contributed by atoms with Gasteiger partial charge in [0.2, 0.25) is 5.79 Å². The lowest BCUT2D eigenvalue weighted by molar-refractivity contribution is -0.421. The smallest absolute Gasteiger partial charge is 0.338 e. The fraction of sp³-hybridized carbons (Fsp3) is 0.490. The monoisotopic (exact) mass is 1120 g/mol. The normalized spacial score (nSPS) is 34.8. The summed E-state index contributed by atoms with van der Waals surface area (Å²) in [6, 6.07) is 16.1. The third kappa shape index (κ3) is 14.4. The van der Waals surface area contributed by atoms with Crippen LogP contribution in [-0.4, -0.2) is 240 Å². The van der Waals surface area contributed by atoms with Gasteiger partial charge in [-0.3, -0.25) is 4.79 Å². The Bertz CT molecular complexity index is 2580. The molecule has 0 spiro atoms. The number of carbonyl (C=O) groups excluding carboxylic acids is 4. The minimum absolute atomic E-state index is 0.110. The van der Waals surface area contributed by atoms with Gasteiger partial charge in [0.25, 0.3) is 0 Å². The van der Waals surface area contributed by atoms with Gasteiger partial charge in [-0.05, 0) is 59.7 Å². The number of carbonyl (C=O) groups is 4. The molecule has 3 aromatic carbocycles. The maximum atomic E-state index is 13.9. The largest absolute Gasteiger partial charge is 0.508 e. The Hall–Kier alpha value is -6.26. The van der Waals surface area contributed by atoms with Crippen LogP contribution in [0, 0.1) is 0 Å². The second-order valence-electron chi connectivity index (χ2n) is 18.4. The van der Waals surface area contributed by atoms with Gasteiger partial charge in [-0.15, -0.1) is 0 Å². The van der Waals surface area contributed by atoms with E-state index < -0.39 is 185 Å². The molecule has 28 nitrogen and oxygen atoms in total. The number of aliphatic hydroxyl groups excluding tert-OH is 10. The number of aliphatic hydroxyl groups is 10. The second kappa shape index (κ2) is 26.8. The first kappa shape index (κ1) is 60.4. The molecule has 19 unspecified atom stereocenters. The number of esters is 4. The standard InChI is InChI=1S/C51H60O28/c1-23(55)69-21-33-37(62)40(65)42(67)49(73-33)75-44-43(74-35(60)16-10-24-7-12-27(56)13-8-24)32(20-54)72-50(45(44)76-48-41(66)39(64)36(61)30(18-52)71-48)79-51(22-70-34(59)15-11-25-9-14-28(57)29(58)17-25)46(38(63)31(19-53)78-51)77-47(68)26-5-3-2-4-6-26/h2-17,30-33,36-46,48-50,52-54,56-58,61-67H,18-22H2,1H3. The predicted molar refractivity (Wildman–Crippen MR) is 257 cm³/mol. The molecule has 3 aromatic rings. The molecular formula is C51H60O28. The molecule has 0 saturated carbocycles. The van der Waals surface area contributed by atoms with Gasteiger partial charge in [0, 0.05) is 19.1 Å². The molecule has 28 heteroatoms. The summed E-state index contributed by atoms with van der Waals surface area (Å²) in [7, 11) is 0. The fourth-order valence-electron chi connectivity index (χ4n) is 8.72. The topological polar surface area (TPSA) is 433 Å². The molecule has 0 aliphatic carbocycles. The van der Waals surface area contributed by atoms with E-state index >= 15 is 0 Å². The Morgan fingerprint density at radius 2 is 1.13 bits per heavy atom. The molecule has 4 aliphatic rings. The molecule has 0 aromatic heterocycles. The third-order valence-electron chi connectivity index (χ3n) is 12.9. The summed E-state index contributed by atoms with van der Waals surface area (Å²) >= 11 is 0. The molecule has 4 saturated heterocycles. The van der Waals surface area contributed by atoms with Crippen molar-refractivity contribution in [3.8, 4) is 17.2 Å². The van der Waals surface area contributed by atoms with E-state index in [1.165, 1.54) is 60.7 Å². The third-order valence-corrected chi connectivity index (χ3v) is 12.9. The quantitative estimate of drug-likeness (QED) is 0.0224. The van der Waals surface area contributed by atoms with Crippen molar-refractivity contribution in [3.05, 3.63) is 102 Å². The van der Waals surface area contributed by atoms with Crippen LogP contribution in [0.1, 0.15) is 28.4 Å². The van der Waals surface area contributed by atoms with E-state index in [0.29, 0.717) is 5.56 Å². The average Bonchev–Trinajstić information content (AvgIpc) is 3.70. The van der Waals surface area contributed by atoms with Gasteiger partial charge in [-0.1, -0.05) is 36.4 Å². The number of ether oxygens (including phenoxy) is 11. The van der Waals surface area contributed by atoms with Gasteiger partial charge in [0.15, 0.2) is 42.6 Å². The number of hydrogen-bond donors (Lipinski definition) is 13. The summed E-state index contributed by atoms with van der Waals surface area (Å²) in [4.78, 5) is 53.1.